The van der Waals surface area contributed by atoms with E-state index in [1.165, 1.54) is 6.26 Å². The summed E-state index contributed by atoms with van der Waals surface area (Å²) in [4.78, 5) is 0. The highest BCUT2D eigenvalue weighted by Gasteiger charge is 1.77. The molecule has 0 heterocycles. The smallest absolute Gasteiger partial charge is 0.0894 e. The van der Waals surface area contributed by atoms with Crippen molar-refractivity contribution in [3.63, 3.8) is 0 Å². The third-order valence-electron chi connectivity index (χ3n) is 1.01. The summed E-state index contributed by atoms with van der Waals surface area (Å²) in [6.07, 6.45) is 3.71. The molecule has 0 saturated heterocycles. The van der Waals surface area contributed by atoms with E-state index in [4.69, 9.17) is 14.9 Å². The minimum absolute atomic E-state index is 0.0911. The molecule has 0 aromatic heterocycles. The van der Waals surface area contributed by atoms with Crippen LogP contribution in [-0.4, -0.2) is 43.2 Å². The van der Waals surface area contributed by atoms with Crippen molar-refractivity contribution in [3.8, 4) is 0 Å². The Bertz CT molecular complexity index is 101. The molecule has 0 aliphatic heterocycles. The minimum Gasteiger partial charge on any atom is -0.502 e. The third kappa shape index (κ3) is 22.5. The van der Waals surface area contributed by atoms with Crippen molar-refractivity contribution >= 4 is 0 Å². The van der Waals surface area contributed by atoms with Gasteiger partial charge < -0.3 is 19.7 Å². The molecule has 0 aliphatic rings. The van der Waals surface area contributed by atoms with Crippen molar-refractivity contribution in [2.45, 2.75) is 6.42 Å². The molecule has 0 aromatic rings. The van der Waals surface area contributed by atoms with Crippen molar-refractivity contribution in [1.82, 2.24) is 0 Å². The number of hydrogen-bond acceptors (Lipinski definition) is 4. The van der Waals surface area contributed by atoms with E-state index in [0.29, 0.717) is 26.2 Å². The van der Waals surface area contributed by atoms with E-state index in [0.717, 1.165) is 0 Å². The van der Waals surface area contributed by atoms with Crippen LogP contribution in [0.5, 0.6) is 0 Å². The second-order valence-corrected chi connectivity index (χ2v) is 2.20. The van der Waals surface area contributed by atoms with E-state index < -0.39 is 0 Å². The van der Waals surface area contributed by atoms with E-state index in [-0.39, 0.29) is 13.2 Å². The summed E-state index contributed by atoms with van der Waals surface area (Å²) < 4.78 is 9.44. The van der Waals surface area contributed by atoms with Crippen LogP contribution < -0.4 is 0 Å². The largest absolute Gasteiger partial charge is 0.502 e. The zero-order valence-electron chi connectivity index (χ0n) is 8.52. The van der Waals surface area contributed by atoms with Gasteiger partial charge in [-0.3, -0.25) is 0 Å². The van der Waals surface area contributed by atoms with Gasteiger partial charge in [0.2, 0.25) is 0 Å². The van der Waals surface area contributed by atoms with Gasteiger partial charge in [-0.25, -0.2) is 0 Å². The predicted molar refractivity (Wildman–Crippen MR) is 56.0 cm³/mol. The van der Waals surface area contributed by atoms with Crippen molar-refractivity contribution in [3.05, 3.63) is 25.5 Å². The Morgan fingerprint density at radius 1 is 1.07 bits per heavy atom. The van der Waals surface area contributed by atoms with E-state index in [2.05, 4.69) is 17.9 Å². The molecule has 0 unspecified atom stereocenters. The maximum absolute atomic E-state index is 8.18. The van der Waals surface area contributed by atoms with Crippen LogP contribution in [-0.2, 0) is 9.47 Å². The number of aliphatic hydroxyl groups is 2. The molecule has 84 valence electrons. The average molecular weight is 204 g/mol. The first-order valence-electron chi connectivity index (χ1n) is 4.46. The monoisotopic (exact) mass is 204 g/mol. The maximum Gasteiger partial charge on any atom is 0.0894 e. The minimum atomic E-state index is 0.0911. The summed E-state index contributed by atoms with van der Waals surface area (Å²) in [6, 6.07) is 0. The second-order valence-electron chi connectivity index (χ2n) is 2.20. The van der Waals surface area contributed by atoms with E-state index in [1.54, 1.807) is 6.08 Å². The molecule has 0 saturated carbocycles. The third-order valence-corrected chi connectivity index (χ3v) is 1.01. The van der Waals surface area contributed by atoms with Gasteiger partial charge >= 0.3 is 0 Å². The van der Waals surface area contributed by atoms with Gasteiger partial charge in [0.1, 0.15) is 0 Å². The van der Waals surface area contributed by atoms with Gasteiger partial charge in [-0.2, -0.15) is 0 Å². The molecule has 0 aromatic carbocycles. The molecule has 0 rings (SSSR count). The molecule has 4 nitrogen and oxygen atoms in total. The fraction of sp³-hybridized carbons (Fsp3) is 0.600. The molecule has 14 heavy (non-hydrogen) atoms. The number of aliphatic hydroxyl groups excluding tert-OH is 2. The van der Waals surface area contributed by atoms with Gasteiger partial charge in [-0.1, -0.05) is 12.7 Å². The standard InChI is InChI=1S/2C5H10O2/c1-2-7-5-3-4-6;1-2-4-7-5-3-6/h2*2,6H,1,3-5H2. The fourth-order valence-electron chi connectivity index (χ4n) is 0.462. The zero-order valence-corrected chi connectivity index (χ0v) is 8.52. The Balaban J connectivity index is 0. The zero-order chi connectivity index (χ0) is 11.1. The van der Waals surface area contributed by atoms with Gasteiger partial charge in [0.25, 0.3) is 0 Å². The van der Waals surface area contributed by atoms with E-state index in [9.17, 15) is 0 Å². The van der Waals surface area contributed by atoms with Crippen LogP contribution >= 0.6 is 0 Å². The lowest BCUT2D eigenvalue weighted by Gasteiger charge is -1.93. The molecule has 0 atom stereocenters. The van der Waals surface area contributed by atoms with Crippen molar-refractivity contribution in [2.75, 3.05) is 33.0 Å². The van der Waals surface area contributed by atoms with Crippen LogP contribution in [0.2, 0.25) is 0 Å². The number of ether oxygens (including phenoxy) is 2. The first kappa shape index (κ1) is 15.6. The van der Waals surface area contributed by atoms with Gasteiger partial charge in [0.05, 0.1) is 32.7 Å². The van der Waals surface area contributed by atoms with Gasteiger partial charge in [-0.05, 0) is 0 Å². The highest BCUT2D eigenvalue weighted by molar-refractivity contribution is 4.63. The quantitative estimate of drug-likeness (QED) is 0.347. The van der Waals surface area contributed by atoms with Gasteiger partial charge in [0.15, 0.2) is 0 Å². The molecule has 0 bridgehead atoms. The van der Waals surface area contributed by atoms with Crippen LogP contribution in [0.15, 0.2) is 25.5 Å². The number of hydrogen-bond donors (Lipinski definition) is 2. The van der Waals surface area contributed by atoms with Crippen LogP contribution in [0, 0.1) is 0 Å². The molecule has 0 spiro atoms. The lowest BCUT2D eigenvalue weighted by Crippen LogP contribution is -1.97. The van der Waals surface area contributed by atoms with Crippen molar-refractivity contribution in [2.24, 2.45) is 0 Å². The maximum atomic E-state index is 8.18. The van der Waals surface area contributed by atoms with E-state index >= 15 is 0 Å². The lowest BCUT2D eigenvalue weighted by molar-refractivity contribution is 0.112. The molecule has 0 amide bonds. The summed E-state index contributed by atoms with van der Waals surface area (Å²) in [5.41, 5.74) is 0. The lowest BCUT2D eigenvalue weighted by atomic mass is 10.5. The molecular weight excluding hydrogens is 184 g/mol. The van der Waals surface area contributed by atoms with E-state index in [1.807, 2.05) is 0 Å². The average Bonchev–Trinajstić information content (AvgIpc) is 2.21. The topological polar surface area (TPSA) is 58.9 Å². The van der Waals surface area contributed by atoms with Crippen molar-refractivity contribution in [1.29, 1.82) is 0 Å². The Hall–Kier alpha value is -0.840. The molecule has 4 heteroatoms. The molecule has 0 fully saturated rings. The highest BCUT2D eigenvalue weighted by Crippen LogP contribution is 1.78. The van der Waals surface area contributed by atoms with Crippen molar-refractivity contribution < 1.29 is 19.7 Å². The SMILES string of the molecule is C=CCOCCO.C=COCCCO. The first-order valence-corrected chi connectivity index (χ1v) is 4.46. The summed E-state index contributed by atoms with van der Waals surface area (Å²) in [7, 11) is 0. The van der Waals surface area contributed by atoms with Crippen LogP contribution in [0.3, 0.4) is 0 Å². The molecule has 2 N–H and O–H groups in total. The Morgan fingerprint density at radius 2 is 1.79 bits per heavy atom. The second kappa shape index (κ2) is 18.0. The van der Waals surface area contributed by atoms with Crippen LogP contribution in [0.25, 0.3) is 0 Å². The van der Waals surface area contributed by atoms with Gasteiger partial charge in [-0.15, -0.1) is 6.58 Å². The fourth-order valence-corrected chi connectivity index (χ4v) is 0.462. The summed E-state index contributed by atoms with van der Waals surface area (Å²) >= 11 is 0. The van der Waals surface area contributed by atoms with Crippen LogP contribution in [0.1, 0.15) is 6.42 Å². The Morgan fingerprint density at radius 3 is 2.21 bits per heavy atom. The first-order chi connectivity index (χ1) is 6.83. The summed E-state index contributed by atoms with van der Waals surface area (Å²) in [6.45, 7) is 8.54. The molecule has 0 radical (unpaired) electrons. The normalized spacial score (nSPS) is 8.43. The number of rotatable bonds is 8. The summed E-state index contributed by atoms with van der Waals surface area (Å²) in [5.74, 6) is 0. The Labute approximate surface area is 85.5 Å². The molecule has 0 aliphatic carbocycles. The summed E-state index contributed by atoms with van der Waals surface area (Å²) in [5, 5.41) is 16.3. The molecular formula is C10H20O4. The van der Waals surface area contributed by atoms with Crippen LogP contribution in [0.4, 0.5) is 0 Å². The van der Waals surface area contributed by atoms with Gasteiger partial charge in [0, 0.05) is 13.0 Å². The predicted octanol–water partition coefficient (Wildman–Crippen LogP) is 0.710. The highest BCUT2D eigenvalue weighted by atomic mass is 16.5. The Kier molecular flexibility index (Phi) is 20.1.